The average molecular weight is 185 g/mol. The first-order valence-electron chi connectivity index (χ1n) is 5.44. The minimum Gasteiger partial charge on any atom is -0.396 e. The molecule has 2 nitrogen and oxygen atoms in total. The monoisotopic (exact) mass is 185 g/mol. The molecule has 1 saturated heterocycles. The van der Waals surface area contributed by atoms with Gasteiger partial charge in [0, 0.05) is 18.7 Å². The molecule has 1 fully saturated rings. The third-order valence-corrected chi connectivity index (χ3v) is 3.69. The lowest BCUT2D eigenvalue weighted by Crippen LogP contribution is -2.40. The zero-order valence-corrected chi connectivity index (χ0v) is 9.33. The Morgan fingerprint density at radius 3 is 2.38 bits per heavy atom. The van der Waals surface area contributed by atoms with E-state index in [2.05, 4.69) is 32.6 Å². The van der Waals surface area contributed by atoms with Crippen LogP contribution in [0, 0.1) is 11.8 Å². The molecule has 0 aromatic rings. The molecule has 1 N–H and O–H groups in total. The molecule has 0 saturated carbocycles. The molecule has 1 aliphatic rings. The van der Waals surface area contributed by atoms with Gasteiger partial charge in [0.25, 0.3) is 0 Å². The van der Waals surface area contributed by atoms with Crippen molar-refractivity contribution < 1.29 is 5.11 Å². The van der Waals surface area contributed by atoms with E-state index >= 15 is 0 Å². The molecular formula is C11H23NO. The van der Waals surface area contributed by atoms with E-state index in [1.54, 1.807) is 0 Å². The minimum absolute atomic E-state index is 0.350. The van der Waals surface area contributed by atoms with Crippen LogP contribution in [-0.4, -0.2) is 35.2 Å². The van der Waals surface area contributed by atoms with Gasteiger partial charge in [-0.3, -0.25) is 4.90 Å². The molecule has 1 rings (SSSR count). The minimum atomic E-state index is 0.350. The Hall–Kier alpha value is -0.0800. The SMILES string of the molecule is CC(C)C(C)N1CCC(CO)C1C. The van der Waals surface area contributed by atoms with Crippen molar-refractivity contribution in [3.05, 3.63) is 0 Å². The highest BCUT2D eigenvalue weighted by atomic mass is 16.3. The molecule has 2 heteroatoms. The van der Waals surface area contributed by atoms with Crippen molar-refractivity contribution in [1.29, 1.82) is 0 Å². The van der Waals surface area contributed by atoms with Crippen molar-refractivity contribution in [2.75, 3.05) is 13.2 Å². The first-order chi connectivity index (χ1) is 6.07. The van der Waals surface area contributed by atoms with Gasteiger partial charge < -0.3 is 5.11 Å². The van der Waals surface area contributed by atoms with E-state index in [4.69, 9.17) is 5.11 Å². The standard InChI is InChI=1S/C11H23NO/c1-8(2)9(3)12-6-5-11(7-13)10(12)4/h8-11,13H,5-7H2,1-4H3. The predicted molar refractivity (Wildman–Crippen MR) is 55.7 cm³/mol. The zero-order chi connectivity index (χ0) is 10.0. The van der Waals surface area contributed by atoms with E-state index in [-0.39, 0.29) is 0 Å². The summed E-state index contributed by atoms with van der Waals surface area (Å²) in [5.74, 6) is 1.21. The van der Waals surface area contributed by atoms with E-state index < -0.39 is 0 Å². The van der Waals surface area contributed by atoms with Crippen LogP contribution in [-0.2, 0) is 0 Å². The quantitative estimate of drug-likeness (QED) is 0.724. The smallest absolute Gasteiger partial charge is 0.0474 e. The van der Waals surface area contributed by atoms with Gasteiger partial charge in [0.1, 0.15) is 0 Å². The van der Waals surface area contributed by atoms with Crippen LogP contribution >= 0.6 is 0 Å². The summed E-state index contributed by atoms with van der Waals surface area (Å²) in [6.45, 7) is 10.6. The van der Waals surface area contributed by atoms with Gasteiger partial charge in [-0.25, -0.2) is 0 Å². The molecule has 3 atom stereocenters. The molecule has 0 aromatic carbocycles. The Bertz CT molecular complexity index is 158. The third kappa shape index (κ3) is 2.23. The maximum Gasteiger partial charge on any atom is 0.0474 e. The molecule has 1 aliphatic heterocycles. The fourth-order valence-electron chi connectivity index (χ4n) is 2.23. The number of rotatable bonds is 3. The second-order valence-corrected chi connectivity index (χ2v) is 4.69. The van der Waals surface area contributed by atoms with Crippen LogP contribution in [0.5, 0.6) is 0 Å². The lowest BCUT2D eigenvalue weighted by Gasteiger charge is -2.32. The van der Waals surface area contributed by atoms with Crippen LogP contribution in [0.25, 0.3) is 0 Å². The molecule has 13 heavy (non-hydrogen) atoms. The van der Waals surface area contributed by atoms with Crippen LogP contribution in [0.15, 0.2) is 0 Å². The number of hydrogen-bond donors (Lipinski definition) is 1. The highest BCUT2D eigenvalue weighted by Gasteiger charge is 2.33. The molecule has 0 spiro atoms. The van der Waals surface area contributed by atoms with Crippen molar-refractivity contribution in [3.8, 4) is 0 Å². The van der Waals surface area contributed by atoms with Crippen molar-refractivity contribution in [1.82, 2.24) is 4.90 Å². The molecule has 78 valence electrons. The van der Waals surface area contributed by atoms with Gasteiger partial charge in [0.15, 0.2) is 0 Å². The molecule has 0 aliphatic carbocycles. The average Bonchev–Trinajstić information content (AvgIpc) is 2.45. The number of aliphatic hydroxyl groups excluding tert-OH is 1. The van der Waals surface area contributed by atoms with E-state index in [0.717, 1.165) is 13.0 Å². The van der Waals surface area contributed by atoms with Gasteiger partial charge in [-0.1, -0.05) is 13.8 Å². The Labute approximate surface area is 81.9 Å². The molecule has 0 amide bonds. The van der Waals surface area contributed by atoms with Crippen LogP contribution in [0.2, 0.25) is 0 Å². The van der Waals surface area contributed by atoms with Gasteiger partial charge in [-0.2, -0.15) is 0 Å². The fourth-order valence-corrected chi connectivity index (χ4v) is 2.23. The second-order valence-electron chi connectivity index (χ2n) is 4.69. The van der Waals surface area contributed by atoms with Gasteiger partial charge in [-0.15, -0.1) is 0 Å². The Morgan fingerprint density at radius 1 is 1.38 bits per heavy atom. The summed E-state index contributed by atoms with van der Waals surface area (Å²) in [7, 11) is 0. The van der Waals surface area contributed by atoms with Gasteiger partial charge in [0.2, 0.25) is 0 Å². The van der Waals surface area contributed by atoms with Crippen LogP contribution in [0.3, 0.4) is 0 Å². The second kappa shape index (κ2) is 4.43. The zero-order valence-electron chi connectivity index (χ0n) is 9.33. The van der Waals surface area contributed by atoms with Crippen molar-refractivity contribution in [2.24, 2.45) is 11.8 Å². The Kier molecular flexibility index (Phi) is 3.74. The van der Waals surface area contributed by atoms with E-state index in [1.165, 1.54) is 0 Å². The maximum absolute atomic E-state index is 9.15. The van der Waals surface area contributed by atoms with Crippen molar-refractivity contribution in [3.63, 3.8) is 0 Å². The number of likely N-dealkylation sites (tertiary alicyclic amines) is 1. The van der Waals surface area contributed by atoms with E-state index in [9.17, 15) is 0 Å². The normalized spacial score (nSPS) is 32.8. The van der Waals surface area contributed by atoms with Crippen LogP contribution in [0.1, 0.15) is 34.1 Å². The Morgan fingerprint density at radius 2 is 2.00 bits per heavy atom. The molecule has 0 bridgehead atoms. The van der Waals surface area contributed by atoms with Crippen LogP contribution < -0.4 is 0 Å². The third-order valence-electron chi connectivity index (χ3n) is 3.69. The van der Waals surface area contributed by atoms with E-state index in [1.807, 2.05) is 0 Å². The fraction of sp³-hybridized carbons (Fsp3) is 1.00. The summed E-state index contributed by atoms with van der Waals surface area (Å²) in [6, 6.07) is 1.20. The topological polar surface area (TPSA) is 23.5 Å². The molecular weight excluding hydrogens is 162 g/mol. The largest absolute Gasteiger partial charge is 0.396 e. The molecule has 0 radical (unpaired) electrons. The lowest BCUT2D eigenvalue weighted by molar-refractivity contribution is 0.126. The summed E-state index contributed by atoms with van der Waals surface area (Å²) < 4.78 is 0. The summed E-state index contributed by atoms with van der Waals surface area (Å²) in [4.78, 5) is 2.53. The van der Waals surface area contributed by atoms with Gasteiger partial charge in [0.05, 0.1) is 0 Å². The highest BCUT2D eigenvalue weighted by molar-refractivity contribution is 4.87. The summed E-state index contributed by atoms with van der Waals surface area (Å²) in [5, 5.41) is 9.15. The lowest BCUT2D eigenvalue weighted by atomic mass is 10.0. The Balaban J connectivity index is 2.53. The summed E-state index contributed by atoms with van der Waals surface area (Å²) >= 11 is 0. The van der Waals surface area contributed by atoms with E-state index in [0.29, 0.717) is 30.5 Å². The van der Waals surface area contributed by atoms with Crippen LogP contribution in [0.4, 0.5) is 0 Å². The van der Waals surface area contributed by atoms with Gasteiger partial charge in [-0.05, 0) is 38.6 Å². The number of aliphatic hydroxyl groups is 1. The van der Waals surface area contributed by atoms with Crippen molar-refractivity contribution >= 4 is 0 Å². The molecule has 3 unspecified atom stereocenters. The highest BCUT2D eigenvalue weighted by Crippen LogP contribution is 2.27. The first-order valence-corrected chi connectivity index (χ1v) is 5.44. The summed E-state index contributed by atoms with van der Waals surface area (Å²) in [6.07, 6.45) is 1.16. The van der Waals surface area contributed by atoms with Crippen molar-refractivity contribution in [2.45, 2.75) is 46.2 Å². The number of hydrogen-bond acceptors (Lipinski definition) is 2. The summed E-state index contributed by atoms with van der Waals surface area (Å²) in [5.41, 5.74) is 0. The molecule has 1 heterocycles. The molecule has 0 aromatic heterocycles. The first kappa shape index (κ1) is 11.0. The number of nitrogens with zero attached hydrogens (tertiary/aromatic N) is 1. The maximum atomic E-state index is 9.15. The predicted octanol–water partition coefficient (Wildman–Crippen LogP) is 1.73. The van der Waals surface area contributed by atoms with Gasteiger partial charge >= 0.3 is 0 Å².